The normalized spacial score (nSPS) is 10.8. The summed E-state index contributed by atoms with van der Waals surface area (Å²) in [4.78, 5) is 11.5. The average molecular weight is 277 g/mol. The third-order valence-electron chi connectivity index (χ3n) is 2.53. The molecule has 0 bridgehead atoms. The first kappa shape index (κ1) is 16.1. The summed E-state index contributed by atoms with van der Waals surface area (Å²) in [5, 5.41) is 2.79. The summed E-state index contributed by atoms with van der Waals surface area (Å²) < 4.78 is 10.9. The monoisotopic (exact) mass is 277 g/mol. The number of carbonyl (C=O) groups is 1. The minimum atomic E-state index is -0.0895. The van der Waals surface area contributed by atoms with Gasteiger partial charge in [0.15, 0.2) is 11.5 Å². The molecule has 0 aliphatic heterocycles. The number of nitrogens with one attached hydrogen (secondary N) is 1. The smallest absolute Gasteiger partial charge is 0.243 e. The van der Waals surface area contributed by atoms with E-state index >= 15 is 0 Å². The number of hydrogen-bond donors (Lipinski definition) is 1. The number of methoxy groups -OCH3 is 1. The summed E-state index contributed by atoms with van der Waals surface area (Å²) in [5.41, 5.74) is 0.893. The summed E-state index contributed by atoms with van der Waals surface area (Å²) in [5.74, 6) is 1.28. The Morgan fingerprint density at radius 3 is 2.70 bits per heavy atom. The summed E-state index contributed by atoms with van der Waals surface area (Å²) >= 11 is 0. The second-order valence-electron chi connectivity index (χ2n) is 4.70. The van der Waals surface area contributed by atoms with E-state index in [1.807, 2.05) is 39.0 Å². The van der Waals surface area contributed by atoms with Gasteiger partial charge >= 0.3 is 0 Å². The maximum Gasteiger partial charge on any atom is 0.243 e. The number of amides is 1. The number of hydrogen-bond acceptors (Lipinski definition) is 3. The molecule has 0 saturated carbocycles. The van der Waals surface area contributed by atoms with E-state index in [9.17, 15) is 4.79 Å². The summed E-state index contributed by atoms with van der Waals surface area (Å²) in [6, 6.07) is 5.59. The van der Waals surface area contributed by atoms with Gasteiger partial charge in [0.1, 0.15) is 0 Å². The van der Waals surface area contributed by atoms with Crippen molar-refractivity contribution in [3.8, 4) is 11.5 Å². The van der Waals surface area contributed by atoms with Crippen molar-refractivity contribution in [3.63, 3.8) is 0 Å². The second-order valence-corrected chi connectivity index (χ2v) is 4.70. The molecule has 1 N–H and O–H groups in total. The van der Waals surface area contributed by atoms with Crippen molar-refractivity contribution in [1.82, 2.24) is 5.32 Å². The molecule has 0 saturated heterocycles. The predicted molar refractivity (Wildman–Crippen MR) is 81.1 cm³/mol. The van der Waals surface area contributed by atoms with Crippen molar-refractivity contribution in [2.45, 2.75) is 33.3 Å². The summed E-state index contributed by atoms with van der Waals surface area (Å²) in [7, 11) is 1.60. The second kappa shape index (κ2) is 8.25. The van der Waals surface area contributed by atoms with E-state index in [4.69, 9.17) is 9.47 Å². The van der Waals surface area contributed by atoms with Gasteiger partial charge < -0.3 is 14.8 Å². The Kier molecular flexibility index (Phi) is 6.64. The van der Waals surface area contributed by atoms with E-state index in [2.05, 4.69) is 5.32 Å². The van der Waals surface area contributed by atoms with Crippen LogP contribution in [0, 0.1) is 0 Å². The number of carbonyl (C=O) groups excluding carboxylic acids is 1. The zero-order valence-electron chi connectivity index (χ0n) is 12.6. The Hall–Kier alpha value is -1.97. The van der Waals surface area contributed by atoms with Crippen LogP contribution in [-0.2, 0) is 4.79 Å². The van der Waals surface area contributed by atoms with Crippen LogP contribution in [0.1, 0.15) is 32.8 Å². The molecule has 1 aromatic carbocycles. The Balaban J connectivity index is 2.77. The van der Waals surface area contributed by atoms with Crippen LogP contribution >= 0.6 is 0 Å². The average Bonchev–Trinajstić information content (AvgIpc) is 2.43. The molecule has 110 valence electrons. The van der Waals surface area contributed by atoms with E-state index < -0.39 is 0 Å². The highest BCUT2D eigenvalue weighted by molar-refractivity contribution is 5.91. The van der Waals surface area contributed by atoms with Gasteiger partial charge in [0.25, 0.3) is 0 Å². The highest BCUT2D eigenvalue weighted by Crippen LogP contribution is 2.29. The molecule has 0 radical (unpaired) electrons. The lowest BCUT2D eigenvalue weighted by Crippen LogP contribution is -2.21. The van der Waals surface area contributed by atoms with E-state index in [1.54, 1.807) is 13.2 Å². The van der Waals surface area contributed by atoms with Crippen LogP contribution < -0.4 is 14.8 Å². The first-order valence-electron chi connectivity index (χ1n) is 6.87. The largest absolute Gasteiger partial charge is 0.493 e. The van der Waals surface area contributed by atoms with Gasteiger partial charge in [0, 0.05) is 12.6 Å². The number of ether oxygens (including phenoxy) is 2. The molecule has 0 aliphatic carbocycles. The molecule has 0 spiro atoms. The molecule has 1 aromatic rings. The first-order valence-corrected chi connectivity index (χ1v) is 6.87. The minimum absolute atomic E-state index is 0.0881. The molecular weight excluding hydrogens is 254 g/mol. The molecule has 20 heavy (non-hydrogen) atoms. The fourth-order valence-electron chi connectivity index (χ4n) is 1.62. The van der Waals surface area contributed by atoms with Crippen LogP contribution in [0.4, 0.5) is 0 Å². The molecule has 0 unspecified atom stereocenters. The van der Waals surface area contributed by atoms with Crippen LogP contribution in [0.2, 0.25) is 0 Å². The summed E-state index contributed by atoms with van der Waals surface area (Å²) in [6.07, 6.45) is 4.29. The molecule has 0 aromatic heterocycles. The number of benzene rings is 1. The van der Waals surface area contributed by atoms with Crippen molar-refractivity contribution in [2.24, 2.45) is 0 Å². The zero-order chi connectivity index (χ0) is 15.0. The van der Waals surface area contributed by atoms with Crippen molar-refractivity contribution in [1.29, 1.82) is 0 Å². The predicted octanol–water partition coefficient (Wildman–Crippen LogP) is 3.02. The Labute approximate surface area is 120 Å². The van der Waals surface area contributed by atoms with Crippen LogP contribution in [0.5, 0.6) is 11.5 Å². The molecule has 0 heterocycles. The third-order valence-corrected chi connectivity index (χ3v) is 2.53. The van der Waals surface area contributed by atoms with Gasteiger partial charge in [0.2, 0.25) is 5.91 Å². The van der Waals surface area contributed by atoms with E-state index in [-0.39, 0.29) is 12.0 Å². The van der Waals surface area contributed by atoms with Crippen LogP contribution in [0.15, 0.2) is 24.3 Å². The minimum Gasteiger partial charge on any atom is -0.493 e. The zero-order valence-corrected chi connectivity index (χ0v) is 12.6. The molecule has 1 rings (SSSR count). The topological polar surface area (TPSA) is 47.6 Å². The molecule has 0 atom stereocenters. The van der Waals surface area contributed by atoms with Gasteiger partial charge in [0.05, 0.1) is 13.2 Å². The highest BCUT2D eigenvalue weighted by Gasteiger charge is 2.06. The van der Waals surface area contributed by atoms with Crippen LogP contribution in [-0.4, -0.2) is 25.7 Å². The SMILES string of the molecule is CCCNC(=O)/C=C/c1ccc(OC(C)C)c(OC)c1. The highest BCUT2D eigenvalue weighted by atomic mass is 16.5. The van der Waals surface area contributed by atoms with Crippen LogP contribution in [0.25, 0.3) is 6.08 Å². The van der Waals surface area contributed by atoms with Crippen molar-refractivity contribution in [2.75, 3.05) is 13.7 Å². The maximum atomic E-state index is 11.5. The van der Waals surface area contributed by atoms with E-state index in [0.717, 1.165) is 12.0 Å². The summed E-state index contributed by atoms with van der Waals surface area (Å²) in [6.45, 7) is 6.63. The van der Waals surface area contributed by atoms with Gasteiger partial charge in [-0.25, -0.2) is 0 Å². The lowest BCUT2D eigenvalue weighted by atomic mass is 10.2. The van der Waals surface area contributed by atoms with Gasteiger partial charge in [-0.2, -0.15) is 0 Å². The Morgan fingerprint density at radius 2 is 2.10 bits per heavy atom. The first-order chi connectivity index (χ1) is 9.56. The van der Waals surface area contributed by atoms with Gasteiger partial charge in [-0.3, -0.25) is 4.79 Å². The van der Waals surface area contributed by atoms with Crippen molar-refractivity contribution in [3.05, 3.63) is 29.8 Å². The third kappa shape index (κ3) is 5.34. The molecular formula is C16H23NO3. The molecule has 0 fully saturated rings. The Morgan fingerprint density at radius 1 is 1.35 bits per heavy atom. The van der Waals surface area contributed by atoms with Gasteiger partial charge in [-0.05, 0) is 44.0 Å². The lowest BCUT2D eigenvalue weighted by molar-refractivity contribution is -0.116. The fourth-order valence-corrected chi connectivity index (χ4v) is 1.62. The standard InChI is InChI=1S/C16H23NO3/c1-5-10-17-16(18)9-7-13-6-8-14(20-12(2)3)15(11-13)19-4/h6-9,11-12H,5,10H2,1-4H3,(H,17,18)/b9-7+. The Bertz CT molecular complexity index is 467. The van der Waals surface area contributed by atoms with Gasteiger partial charge in [-0.15, -0.1) is 0 Å². The fraction of sp³-hybridized carbons (Fsp3) is 0.438. The van der Waals surface area contributed by atoms with E-state index in [0.29, 0.717) is 18.0 Å². The number of rotatable bonds is 7. The van der Waals surface area contributed by atoms with Crippen molar-refractivity contribution < 1.29 is 14.3 Å². The van der Waals surface area contributed by atoms with Crippen LogP contribution in [0.3, 0.4) is 0 Å². The van der Waals surface area contributed by atoms with Crippen molar-refractivity contribution >= 4 is 12.0 Å². The molecule has 4 nitrogen and oxygen atoms in total. The molecule has 4 heteroatoms. The lowest BCUT2D eigenvalue weighted by Gasteiger charge is -2.13. The van der Waals surface area contributed by atoms with E-state index in [1.165, 1.54) is 6.08 Å². The maximum absolute atomic E-state index is 11.5. The van der Waals surface area contributed by atoms with Gasteiger partial charge in [-0.1, -0.05) is 13.0 Å². The quantitative estimate of drug-likeness (QED) is 0.779. The molecule has 1 amide bonds. The molecule has 0 aliphatic rings.